The van der Waals surface area contributed by atoms with Crippen LogP contribution >= 0.6 is 0 Å². The summed E-state index contributed by atoms with van der Waals surface area (Å²) in [6.07, 6.45) is 2.86. The summed E-state index contributed by atoms with van der Waals surface area (Å²) in [5.41, 5.74) is 11.2. The molecule has 1 saturated carbocycles. The highest BCUT2D eigenvalue weighted by Crippen LogP contribution is 2.45. The highest BCUT2D eigenvalue weighted by atomic mass is 16.5. The first-order chi connectivity index (χ1) is 16.4. The molecule has 2 aliphatic rings. The molecule has 0 bridgehead atoms. The van der Waals surface area contributed by atoms with Gasteiger partial charge >= 0.3 is 5.97 Å². The van der Waals surface area contributed by atoms with Crippen LogP contribution in [0.5, 0.6) is 0 Å². The van der Waals surface area contributed by atoms with E-state index in [4.69, 9.17) is 20.2 Å². The molecular formula is C26H34N4O4. The topological polar surface area (TPSA) is 98.0 Å². The van der Waals surface area contributed by atoms with Crippen molar-refractivity contribution >= 4 is 23.4 Å². The van der Waals surface area contributed by atoms with E-state index in [1.54, 1.807) is 7.11 Å². The molecule has 0 unspecified atom stereocenters. The fraction of sp³-hybridized carbons (Fsp3) is 0.500. The van der Waals surface area contributed by atoms with Crippen molar-refractivity contribution in [1.29, 1.82) is 0 Å². The molecule has 34 heavy (non-hydrogen) atoms. The number of benzene rings is 1. The molecule has 8 heteroatoms. The third-order valence-electron chi connectivity index (χ3n) is 6.61. The third kappa shape index (κ3) is 5.33. The zero-order valence-corrected chi connectivity index (χ0v) is 20.3. The number of carbonyl (C=O) groups excluding carboxylic acids is 2. The largest absolute Gasteiger partial charge is 0.469 e. The molecule has 2 N–H and O–H groups in total. The molecule has 2 heterocycles. The maximum absolute atomic E-state index is 12.5. The molecule has 4 rings (SSSR count). The van der Waals surface area contributed by atoms with Crippen molar-refractivity contribution in [3.8, 4) is 11.1 Å². The smallest absolute Gasteiger partial charge is 0.309 e. The number of rotatable bonds is 8. The molecule has 8 nitrogen and oxygen atoms in total. The Balaban J connectivity index is 1.58. The monoisotopic (exact) mass is 466 g/mol. The molecule has 1 amide bonds. The van der Waals surface area contributed by atoms with Gasteiger partial charge in [0.05, 0.1) is 37.9 Å². The van der Waals surface area contributed by atoms with E-state index in [2.05, 4.69) is 11.8 Å². The van der Waals surface area contributed by atoms with Crippen LogP contribution in [0, 0.1) is 0 Å². The number of piperazine rings is 1. The molecule has 0 radical (unpaired) electrons. The molecule has 1 saturated heterocycles. The van der Waals surface area contributed by atoms with Crippen molar-refractivity contribution < 1.29 is 19.1 Å². The van der Waals surface area contributed by atoms with Crippen LogP contribution in [0.4, 0.5) is 11.5 Å². The molecule has 2 fully saturated rings. The van der Waals surface area contributed by atoms with E-state index >= 15 is 0 Å². The van der Waals surface area contributed by atoms with Gasteiger partial charge in [-0.2, -0.15) is 0 Å². The maximum Gasteiger partial charge on any atom is 0.309 e. The lowest BCUT2D eigenvalue weighted by atomic mass is 9.98. The first-order valence-corrected chi connectivity index (χ1v) is 11.9. The number of carbonyl (C=O) groups is 2. The van der Waals surface area contributed by atoms with Crippen LogP contribution in [0.25, 0.3) is 11.1 Å². The maximum atomic E-state index is 12.5. The predicted molar refractivity (Wildman–Crippen MR) is 132 cm³/mol. The number of hydrogen-bond acceptors (Lipinski definition) is 7. The molecule has 2 aromatic rings. The van der Waals surface area contributed by atoms with E-state index in [9.17, 15) is 9.59 Å². The fourth-order valence-electron chi connectivity index (χ4n) is 4.63. The van der Waals surface area contributed by atoms with E-state index in [0.717, 1.165) is 41.0 Å². The van der Waals surface area contributed by atoms with Gasteiger partial charge in [0.25, 0.3) is 0 Å². The van der Waals surface area contributed by atoms with E-state index in [0.29, 0.717) is 44.3 Å². The minimum atomic E-state index is -0.262. The van der Waals surface area contributed by atoms with E-state index in [1.807, 2.05) is 35.2 Å². The summed E-state index contributed by atoms with van der Waals surface area (Å²) in [4.78, 5) is 33.4. The summed E-state index contributed by atoms with van der Waals surface area (Å²) >= 11 is 0. The highest BCUT2D eigenvalue weighted by Gasteiger charge is 2.32. The number of hydrogen-bond donors (Lipinski definition) is 1. The van der Waals surface area contributed by atoms with Crippen LogP contribution in [0.2, 0.25) is 0 Å². The number of nitrogen functional groups attached to an aromatic ring is 1. The number of aromatic nitrogens is 1. The first-order valence-electron chi connectivity index (χ1n) is 11.9. The van der Waals surface area contributed by atoms with Crippen LogP contribution < -0.4 is 10.6 Å². The highest BCUT2D eigenvalue weighted by molar-refractivity contribution is 5.79. The molecular weight excluding hydrogens is 432 g/mol. The average molecular weight is 467 g/mol. The Morgan fingerprint density at radius 2 is 1.97 bits per heavy atom. The van der Waals surface area contributed by atoms with Gasteiger partial charge in [-0.05, 0) is 37.0 Å². The average Bonchev–Trinajstić information content (AvgIpc) is 3.67. The molecule has 1 aliphatic heterocycles. The van der Waals surface area contributed by atoms with Crippen LogP contribution in [-0.4, -0.2) is 68.3 Å². The quantitative estimate of drug-likeness (QED) is 0.597. The summed E-state index contributed by atoms with van der Waals surface area (Å²) in [5, 5.41) is 0. The van der Waals surface area contributed by atoms with Gasteiger partial charge in [-0.1, -0.05) is 24.3 Å². The minimum Gasteiger partial charge on any atom is -0.469 e. The Bertz CT molecular complexity index is 1050. The van der Waals surface area contributed by atoms with Crippen LogP contribution in [0.3, 0.4) is 0 Å². The Hall–Kier alpha value is -3.13. The Morgan fingerprint density at radius 1 is 1.18 bits per heavy atom. The zero-order valence-electron chi connectivity index (χ0n) is 20.3. The summed E-state index contributed by atoms with van der Waals surface area (Å²) < 4.78 is 9.87. The lowest BCUT2D eigenvalue weighted by molar-refractivity contribution is -0.139. The SMILES string of the molecule is COCCC(=O)N1CCN(c2nc(C3CC3)c(-c3cccc(CC(=O)OC)c3)cc2N)C[C@H]1C. The number of nitrogens with two attached hydrogens (primary N) is 1. The molecule has 0 spiro atoms. The van der Waals surface area contributed by atoms with E-state index in [-0.39, 0.29) is 24.3 Å². The van der Waals surface area contributed by atoms with E-state index in [1.165, 1.54) is 7.11 Å². The van der Waals surface area contributed by atoms with Crippen molar-refractivity contribution in [2.45, 2.75) is 44.6 Å². The van der Waals surface area contributed by atoms with Crippen LogP contribution in [0.15, 0.2) is 30.3 Å². The van der Waals surface area contributed by atoms with Crippen molar-refractivity contribution in [3.05, 3.63) is 41.6 Å². The van der Waals surface area contributed by atoms with Crippen LogP contribution in [-0.2, 0) is 25.5 Å². The fourth-order valence-corrected chi connectivity index (χ4v) is 4.63. The number of ether oxygens (including phenoxy) is 2. The second kappa shape index (κ2) is 10.4. The predicted octanol–water partition coefficient (Wildman–Crippen LogP) is 3.00. The first kappa shape index (κ1) is 24.0. The van der Waals surface area contributed by atoms with Gasteiger partial charge in [-0.15, -0.1) is 0 Å². The second-order valence-corrected chi connectivity index (χ2v) is 9.19. The van der Waals surface area contributed by atoms with Crippen LogP contribution in [0.1, 0.15) is 43.4 Å². The number of pyridine rings is 1. The van der Waals surface area contributed by atoms with Crippen molar-refractivity contribution in [2.24, 2.45) is 0 Å². The van der Waals surface area contributed by atoms with Gasteiger partial charge in [-0.25, -0.2) is 4.98 Å². The lowest BCUT2D eigenvalue weighted by Gasteiger charge is -2.41. The normalized spacial score (nSPS) is 18.1. The minimum absolute atomic E-state index is 0.0679. The van der Waals surface area contributed by atoms with Gasteiger partial charge in [0.1, 0.15) is 0 Å². The van der Waals surface area contributed by atoms with Gasteiger partial charge in [-0.3, -0.25) is 9.59 Å². The van der Waals surface area contributed by atoms with E-state index < -0.39 is 0 Å². The number of anilines is 2. The molecule has 1 aromatic carbocycles. The number of esters is 1. The molecule has 1 atom stereocenters. The zero-order chi connectivity index (χ0) is 24.2. The number of nitrogens with zero attached hydrogens (tertiary/aromatic N) is 3. The summed E-state index contributed by atoms with van der Waals surface area (Å²) in [5.74, 6) is 1.08. The summed E-state index contributed by atoms with van der Waals surface area (Å²) in [7, 11) is 3.01. The standard InChI is InChI=1S/C26H34N4O4/c1-17-16-29(10-11-30(17)23(31)9-12-33-2)26-22(27)15-21(25(28-26)19-7-8-19)20-6-4-5-18(13-20)14-24(32)34-3/h4-6,13,15,17,19H,7-12,14,16,27H2,1-3H3/t17-/m1/s1. The summed E-state index contributed by atoms with van der Waals surface area (Å²) in [6, 6.07) is 10.0. The Morgan fingerprint density at radius 3 is 2.65 bits per heavy atom. The Kier molecular flexibility index (Phi) is 7.36. The van der Waals surface area contributed by atoms with Gasteiger partial charge in [0.2, 0.25) is 5.91 Å². The van der Waals surface area contributed by atoms with Crippen molar-refractivity contribution in [3.63, 3.8) is 0 Å². The second-order valence-electron chi connectivity index (χ2n) is 9.19. The van der Waals surface area contributed by atoms with Gasteiger partial charge in [0.15, 0.2) is 5.82 Å². The molecule has 182 valence electrons. The van der Waals surface area contributed by atoms with Gasteiger partial charge in [0, 0.05) is 44.3 Å². The summed E-state index contributed by atoms with van der Waals surface area (Å²) in [6.45, 7) is 4.52. The van der Waals surface area contributed by atoms with Crippen molar-refractivity contribution in [1.82, 2.24) is 9.88 Å². The lowest BCUT2D eigenvalue weighted by Crippen LogP contribution is -2.54. The Labute approximate surface area is 201 Å². The van der Waals surface area contributed by atoms with Crippen molar-refractivity contribution in [2.75, 3.05) is 51.1 Å². The molecule has 1 aromatic heterocycles. The number of methoxy groups -OCH3 is 2. The molecule has 1 aliphatic carbocycles. The van der Waals surface area contributed by atoms with Gasteiger partial charge < -0.3 is 25.0 Å². The number of amides is 1. The third-order valence-corrected chi connectivity index (χ3v) is 6.61.